The average molecular weight is 209 g/mol. The van der Waals surface area contributed by atoms with Crippen LogP contribution in [0.3, 0.4) is 0 Å². The first-order chi connectivity index (χ1) is 7.29. The summed E-state index contributed by atoms with van der Waals surface area (Å²) in [4.78, 5) is 12.9. The Labute approximate surface area is 87.7 Å². The summed E-state index contributed by atoms with van der Waals surface area (Å²) < 4.78 is 0. The zero-order valence-corrected chi connectivity index (χ0v) is 8.52. The average Bonchev–Trinajstić information content (AvgIpc) is 2.30. The summed E-state index contributed by atoms with van der Waals surface area (Å²) in [5, 5.41) is 15.5. The van der Waals surface area contributed by atoms with Crippen LogP contribution in [0.15, 0.2) is 16.9 Å². The van der Waals surface area contributed by atoms with Crippen molar-refractivity contribution in [2.24, 2.45) is 5.92 Å². The minimum atomic E-state index is -0.186. The fraction of sp³-hybridized carbons (Fsp3) is 0.600. The van der Waals surface area contributed by atoms with Crippen LogP contribution < -0.4 is 10.5 Å². The third kappa shape index (κ3) is 2.36. The van der Waals surface area contributed by atoms with Crippen molar-refractivity contribution >= 4 is 5.82 Å². The summed E-state index contributed by atoms with van der Waals surface area (Å²) in [5.74, 6) is 1.11. The quantitative estimate of drug-likeness (QED) is 0.718. The highest BCUT2D eigenvalue weighted by atomic mass is 16.3. The molecule has 1 fully saturated rings. The van der Waals surface area contributed by atoms with Crippen LogP contribution >= 0.6 is 0 Å². The highest BCUT2D eigenvalue weighted by molar-refractivity contribution is 5.36. The summed E-state index contributed by atoms with van der Waals surface area (Å²) in [7, 11) is 0. The summed E-state index contributed by atoms with van der Waals surface area (Å²) in [6.07, 6.45) is 2.13. The van der Waals surface area contributed by atoms with E-state index in [0.29, 0.717) is 5.92 Å². The topological polar surface area (TPSA) is 69.2 Å². The molecular weight excluding hydrogens is 194 g/mol. The predicted molar refractivity (Wildman–Crippen MR) is 56.9 cm³/mol. The van der Waals surface area contributed by atoms with E-state index < -0.39 is 0 Å². The molecule has 0 bridgehead atoms. The molecule has 1 aromatic rings. The van der Waals surface area contributed by atoms with Crippen molar-refractivity contribution < 1.29 is 5.11 Å². The molecule has 0 aromatic carbocycles. The van der Waals surface area contributed by atoms with Gasteiger partial charge in [0.1, 0.15) is 5.82 Å². The molecule has 0 saturated carbocycles. The van der Waals surface area contributed by atoms with E-state index in [1.807, 2.05) is 0 Å². The van der Waals surface area contributed by atoms with Gasteiger partial charge >= 0.3 is 0 Å². The Hall–Kier alpha value is -1.36. The Morgan fingerprint density at radius 2 is 2.47 bits per heavy atom. The molecule has 1 aliphatic rings. The summed E-state index contributed by atoms with van der Waals surface area (Å²) in [5.41, 5.74) is -0.186. The Balaban J connectivity index is 2.09. The first-order valence-corrected chi connectivity index (χ1v) is 5.21. The molecule has 1 aromatic heterocycles. The van der Waals surface area contributed by atoms with E-state index in [9.17, 15) is 4.79 Å². The van der Waals surface area contributed by atoms with Gasteiger partial charge in [-0.25, -0.2) is 5.10 Å². The van der Waals surface area contributed by atoms with Gasteiger partial charge in [0, 0.05) is 25.8 Å². The van der Waals surface area contributed by atoms with Gasteiger partial charge in [0.15, 0.2) is 0 Å². The maximum absolute atomic E-state index is 10.8. The number of piperidine rings is 1. The lowest BCUT2D eigenvalue weighted by Crippen LogP contribution is -2.37. The number of anilines is 1. The van der Waals surface area contributed by atoms with E-state index in [0.717, 1.165) is 31.7 Å². The molecule has 15 heavy (non-hydrogen) atoms. The van der Waals surface area contributed by atoms with Crippen molar-refractivity contribution in [1.29, 1.82) is 0 Å². The number of aromatic amines is 1. The monoisotopic (exact) mass is 209 g/mol. The summed E-state index contributed by atoms with van der Waals surface area (Å²) >= 11 is 0. The van der Waals surface area contributed by atoms with Gasteiger partial charge in [-0.2, -0.15) is 5.10 Å². The maximum atomic E-state index is 10.8. The van der Waals surface area contributed by atoms with E-state index in [-0.39, 0.29) is 12.2 Å². The second-order valence-corrected chi connectivity index (χ2v) is 3.92. The van der Waals surface area contributed by atoms with E-state index in [4.69, 9.17) is 5.11 Å². The van der Waals surface area contributed by atoms with Crippen molar-refractivity contribution in [3.63, 3.8) is 0 Å². The smallest absolute Gasteiger partial charge is 0.264 e. The number of aromatic nitrogens is 2. The van der Waals surface area contributed by atoms with E-state index in [2.05, 4.69) is 15.1 Å². The van der Waals surface area contributed by atoms with Crippen LogP contribution in [-0.2, 0) is 0 Å². The van der Waals surface area contributed by atoms with Crippen LogP contribution in [0.2, 0.25) is 0 Å². The van der Waals surface area contributed by atoms with Crippen molar-refractivity contribution in [3.8, 4) is 0 Å². The van der Waals surface area contributed by atoms with E-state index >= 15 is 0 Å². The van der Waals surface area contributed by atoms with E-state index in [1.165, 1.54) is 6.07 Å². The first kappa shape index (κ1) is 10.2. The SMILES string of the molecule is O=c1ccc(N2CCC[C@H](CO)C2)n[nH]1. The fourth-order valence-corrected chi connectivity index (χ4v) is 1.94. The fourth-order valence-electron chi connectivity index (χ4n) is 1.94. The van der Waals surface area contributed by atoms with Crippen LogP contribution in [0.5, 0.6) is 0 Å². The zero-order valence-electron chi connectivity index (χ0n) is 8.52. The number of aliphatic hydroxyl groups is 1. The molecule has 0 unspecified atom stereocenters. The zero-order chi connectivity index (χ0) is 10.7. The molecule has 1 atom stereocenters. The number of hydrogen-bond donors (Lipinski definition) is 2. The summed E-state index contributed by atoms with van der Waals surface area (Å²) in [6.45, 7) is 1.98. The Morgan fingerprint density at radius 3 is 3.13 bits per heavy atom. The minimum Gasteiger partial charge on any atom is -0.396 e. The lowest BCUT2D eigenvalue weighted by molar-refractivity contribution is 0.208. The first-order valence-electron chi connectivity index (χ1n) is 5.21. The number of rotatable bonds is 2. The molecule has 1 saturated heterocycles. The third-order valence-electron chi connectivity index (χ3n) is 2.77. The number of hydrogen-bond acceptors (Lipinski definition) is 4. The molecule has 0 aliphatic carbocycles. The molecule has 1 aliphatic heterocycles. The number of nitrogens with one attached hydrogen (secondary N) is 1. The minimum absolute atomic E-state index is 0.186. The van der Waals surface area contributed by atoms with Crippen LogP contribution in [0, 0.1) is 5.92 Å². The van der Waals surface area contributed by atoms with Crippen molar-refractivity contribution in [2.45, 2.75) is 12.8 Å². The molecule has 2 N–H and O–H groups in total. The molecule has 0 spiro atoms. The van der Waals surface area contributed by atoms with Gasteiger partial charge in [0.05, 0.1) is 0 Å². The second-order valence-electron chi connectivity index (χ2n) is 3.92. The van der Waals surface area contributed by atoms with Crippen molar-refractivity contribution in [1.82, 2.24) is 10.2 Å². The van der Waals surface area contributed by atoms with Gasteiger partial charge in [-0.05, 0) is 24.8 Å². The van der Waals surface area contributed by atoms with Crippen LogP contribution in [-0.4, -0.2) is 35.0 Å². The lowest BCUT2D eigenvalue weighted by atomic mass is 9.99. The normalized spacial score (nSPS) is 21.7. The third-order valence-corrected chi connectivity index (χ3v) is 2.77. The molecule has 5 nitrogen and oxygen atoms in total. The van der Waals surface area contributed by atoms with Crippen molar-refractivity contribution in [2.75, 3.05) is 24.6 Å². The highest BCUT2D eigenvalue weighted by Gasteiger charge is 2.20. The molecular formula is C10H15N3O2. The van der Waals surface area contributed by atoms with E-state index in [1.54, 1.807) is 6.07 Å². The van der Waals surface area contributed by atoms with Crippen molar-refractivity contribution in [3.05, 3.63) is 22.5 Å². The highest BCUT2D eigenvalue weighted by Crippen LogP contribution is 2.19. The predicted octanol–water partition coefficient (Wildman–Crippen LogP) is -0.0214. The molecule has 2 rings (SSSR count). The van der Waals surface area contributed by atoms with Gasteiger partial charge in [0.25, 0.3) is 5.56 Å². The summed E-state index contributed by atoms with van der Waals surface area (Å²) in [6, 6.07) is 3.20. The maximum Gasteiger partial charge on any atom is 0.264 e. The van der Waals surface area contributed by atoms with Gasteiger partial charge in [-0.3, -0.25) is 4.79 Å². The van der Waals surface area contributed by atoms with Gasteiger partial charge in [0.2, 0.25) is 0 Å². The number of nitrogens with zero attached hydrogens (tertiary/aromatic N) is 2. The van der Waals surface area contributed by atoms with Gasteiger partial charge in [-0.15, -0.1) is 0 Å². The molecule has 0 radical (unpaired) electrons. The number of aliphatic hydroxyl groups excluding tert-OH is 1. The van der Waals surface area contributed by atoms with Crippen LogP contribution in [0.25, 0.3) is 0 Å². The largest absolute Gasteiger partial charge is 0.396 e. The number of H-pyrrole nitrogens is 1. The molecule has 0 amide bonds. The van der Waals surface area contributed by atoms with Crippen LogP contribution in [0.1, 0.15) is 12.8 Å². The Kier molecular flexibility index (Phi) is 3.01. The molecule has 2 heterocycles. The van der Waals surface area contributed by atoms with Crippen LogP contribution in [0.4, 0.5) is 5.82 Å². The standard InChI is InChI=1S/C10H15N3O2/c14-7-8-2-1-5-13(6-8)9-3-4-10(15)12-11-9/h3-4,8,14H,1-2,5-7H2,(H,12,15)/t8-/m0/s1. The lowest BCUT2D eigenvalue weighted by Gasteiger charge is -2.32. The Bertz CT molecular complexity index is 357. The second kappa shape index (κ2) is 4.44. The Morgan fingerprint density at radius 1 is 1.60 bits per heavy atom. The molecule has 82 valence electrons. The van der Waals surface area contributed by atoms with Gasteiger partial charge in [-0.1, -0.05) is 0 Å². The molecule has 5 heteroatoms. The van der Waals surface area contributed by atoms with Gasteiger partial charge < -0.3 is 10.0 Å².